The maximum Gasteiger partial charge on any atom is 0.239 e. The number of amides is 1. The first-order valence-electron chi connectivity index (χ1n) is 6.55. The second kappa shape index (κ2) is 7.10. The zero-order chi connectivity index (χ0) is 14.4. The molecule has 0 saturated carbocycles. The molecule has 0 N–H and O–H groups in total. The van der Waals surface area contributed by atoms with Gasteiger partial charge in [0.1, 0.15) is 0 Å². The monoisotopic (exact) mass is 260 g/mol. The van der Waals surface area contributed by atoms with Crippen LogP contribution in [0.1, 0.15) is 19.4 Å². The second-order valence-electron chi connectivity index (χ2n) is 5.23. The Morgan fingerprint density at radius 3 is 2.32 bits per heavy atom. The van der Waals surface area contributed by atoms with Crippen molar-refractivity contribution < 1.29 is 4.79 Å². The van der Waals surface area contributed by atoms with Gasteiger partial charge in [0.15, 0.2) is 0 Å². The molecular formula is C16H24N2O. The van der Waals surface area contributed by atoms with Gasteiger partial charge in [-0.3, -0.25) is 9.69 Å². The summed E-state index contributed by atoms with van der Waals surface area (Å²) in [6, 6.07) is 10.1. The second-order valence-corrected chi connectivity index (χ2v) is 5.23. The molecule has 3 heteroatoms. The zero-order valence-corrected chi connectivity index (χ0v) is 12.6. The average molecular weight is 260 g/mol. The number of carbonyl (C=O) groups is 1. The molecule has 0 radical (unpaired) electrons. The number of benzene rings is 1. The smallest absolute Gasteiger partial charge is 0.239 e. The highest BCUT2D eigenvalue weighted by molar-refractivity contribution is 5.80. The zero-order valence-electron chi connectivity index (χ0n) is 12.6. The largest absolute Gasteiger partial charge is 0.347 e. The fraction of sp³-hybridized carbons (Fsp3) is 0.438. The predicted molar refractivity (Wildman–Crippen MR) is 80.9 cm³/mol. The van der Waals surface area contributed by atoms with Crippen molar-refractivity contribution in [2.45, 2.75) is 19.9 Å². The standard InChI is InChI=1S/C16H24N2O/c1-13(11-15-9-7-6-8-10-15)12-18(5)14(2)16(19)17(3)4/h6-11,14H,12H2,1-5H3. The molecule has 0 aromatic heterocycles. The summed E-state index contributed by atoms with van der Waals surface area (Å²) in [4.78, 5) is 15.6. The summed E-state index contributed by atoms with van der Waals surface area (Å²) in [6.45, 7) is 4.82. The first-order valence-corrected chi connectivity index (χ1v) is 6.55. The molecule has 3 nitrogen and oxygen atoms in total. The number of likely N-dealkylation sites (N-methyl/N-ethyl adjacent to an activating group) is 2. The normalized spacial score (nSPS) is 13.5. The Bertz CT molecular complexity index is 437. The van der Waals surface area contributed by atoms with Gasteiger partial charge < -0.3 is 4.90 Å². The summed E-state index contributed by atoms with van der Waals surface area (Å²) in [6.07, 6.45) is 2.16. The number of hydrogen-bond acceptors (Lipinski definition) is 2. The minimum atomic E-state index is -0.103. The molecule has 1 aromatic carbocycles. The molecule has 0 bridgehead atoms. The third kappa shape index (κ3) is 4.87. The Hall–Kier alpha value is -1.61. The van der Waals surface area contributed by atoms with E-state index in [0.717, 1.165) is 6.54 Å². The van der Waals surface area contributed by atoms with Crippen molar-refractivity contribution in [3.05, 3.63) is 41.5 Å². The Morgan fingerprint density at radius 1 is 1.21 bits per heavy atom. The van der Waals surface area contributed by atoms with E-state index in [9.17, 15) is 4.79 Å². The van der Waals surface area contributed by atoms with Gasteiger partial charge in [0.2, 0.25) is 5.91 Å². The lowest BCUT2D eigenvalue weighted by molar-refractivity contribution is -0.133. The van der Waals surface area contributed by atoms with Gasteiger partial charge in [-0.25, -0.2) is 0 Å². The van der Waals surface area contributed by atoms with Gasteiger partial charge in [-0.2, -0.15) is 0 Å². The summed E-state index contributed by atoms with van der Waals surface area (Å²) in [7, 11) is 5.56. The highest BCUT2D eigenvalue weighted by Crippen LogP contribution is 2.09. The van der Waals surface area contributed by atoms with Crippen molar-refractivity contribution in [2.75, 3.05) is 27.7 Å². The lowest BCUT2D eigenvalue weighted by atomic mass is 10.1. The maximum atomic E-state index is 11.9. The molecule has 1 unspecified atom stereocenters. The van der Waals surface area contributed by atoms with Crippen LogP contribution >= 0.6 is 0 Å². The van der Waals surface area contributed by atoms with Crippen molar-refractivity contribution in [1.82, 2.24) is 9.80 Å². The molecule has 104 valence electrons. The van der Waals surface area contributed by atoms with E-state index in [-0.39, 0.29) is 11.9 Å². The van der Waals surface area contributed by atoms with Crippen molar-refractivity contribution in [3.8, 4) is 0 Å². The molecule has 1 rings (SSSR count). The molecule has 0 heterocycles. The van der Waals surface area contributed by atoms with E-state index in [1.165, 1.54) is 11.1 Å². The summed E-state index contributed by atoms with van der Waals surface area (Å²) in [5, 5.41) is 0. The van der Waals surface area contributed by atoms with E-state index in [2.05, 4.69) is 30.0 Å². The van der Waals surface area contributed by atoms with Crippen molar-refractivity contribution >= 4 is 12.0 Å². The van der Waals surface area contributed by atoms with Crippen molar-refractivity contribution in [2.24, 2.45) is 0 Å². The SMILES string of the molecule is CC(=Cc1ccccc1)CN(C)C(C)C(=O)N(C)C. The quantitative estimate of drug-likeness (QED) is 0.812. The molecule has 0 spiro atoms. The molecule has 1 atom stereocenters. The molecule has 1 amide bonds. The summed E-state index contributed by atoms with van der Waals surface area (Å²) in [5.74, 6) is 0.134. The van der Waals surface area contributed by atoms with Crippen LogP contribution in [-0.2, 0) is 4.79 Å². The molecule has 0 aliphatic heterocycles. The lowest BCUT2D eigenvalue weighted by Gasteiger charge is -2.26. The summed E-state index contributed by atoms with van der Waals surface area (Å²) >= 11 is 0. The third-order valence-electron chi connectivity index (χ3n) is 3.17. The molecule has 0 aliphatic rings. The lowest BCUT2D eigenvalue weighted by Crippen LogP contribution is -2.43. The topological polar surface area (TPSA) is 23.6 Å². The van der Waals surface area contributed by atoms with Crippen LogP contribution < -0.4 is 0 Å². The minimum Gasteiger partial charge on any atom is -0.347 e. The molecule has 19 heavy (non-hydrogen) atoms. The number of carbonyl (C=O) groups excluding carboxylic acids is 1. The Labute approximate surface area is 116 Å². The highest BCUT2D eigenvalue weighted by atomic mass is 16.2. The van der Waals surface area contributed by atoms with Crippen LogP contribution in [0, 0.1) is 0 Å². The summed E-state index contributed by atoms with van der Waals surface area (Å²) < 4.78 is 0. The molecule has 1 aromatic rings. The first-order chi connectivity index (χ1) is 8.91. The van der Waals surface area contributed by atoms with Gasteiger partial charge in [0.25, 0.3) is 0 Å². The number of hydrogen-bond donors (Lipinski definition) is 0. The van der Waals surface area contributed by atoms with E-state index in [4.69, 9.17) is 0 Å². The predicted octanol–water partition coefficient (Wildman–Crippen LogP) is 2.50. The van der Waals surface area contributed by atoms with Crippen LogP contribution in [0.3, 0.4) is 0 Å². The molecule has 0 saturated heterocycles. The van der Waals surface area contributed by atoms with Crippen LogP contribution in [0.25, 0.3) is 6.08 Å². The van der Waals surface area contributed by atoms with E-state index in [1.807, 2.05) is 32.2 Å². The van der Waals surface area contributed by atoms with Crippen molar-refractivity contribution in [3.63, 3.8) is 0 Å². The van der Waals surface area contributed by atoms with Crippen LogP contribution in [0.15, 0.2) is 35.9 Å². The van der Waals surface area contributed by atoms with Crippen LogP contribution in [0.2, 0.25) is 0 Å². The summed E-state index contributed by atoms with van der Waals surface area (Å²) in [5.41, 5.74) is 2.44. The van der Waals surface area contributed by atoms with Gasteiger partial charge in [-0.1, -0.05) is 42.0 Å². The Balaban J connectivity index is 2.64. The first kappa shape index (κ1) is 15.4. The van der Waals surface area contributed by atoms with E-state index in [1.54, 1.807) is 19.0 Å². The Kier molecular flexibility index (Phi) is 5.77. The maximum absolute atomic E-state index is 11.9. The fourth-order valence-corrected chi connectivity index (χ4v) is 1.97. The number of rotatable bonds is 5. The van der Waals surface area contributed by atoms with Gasteiger partial charge in [0.05, 0.1) is 6.04 Å². The molecule has 0 aliphatic carbocycles. The molecular weight excluding hydrogens is 236 g/mol. The van der Waals surface area contributed by atoms with E-state index in [0.29, 0.717) is 0 Å². The van der Waals surface area contributed by atoms with Crippen molar-refractivity contribution in [1.29, 1.82) is 0 Å². The fourth-order valence-electron chi connectivity index (χ4n) is 1.97. The van der Waals surface area contributed by atoms with Gasteiger partial charge >= 0.3 is 0 Å². The van der Waals surface area contributed by atoms with Crippen LogP contribution in [-0.4, -0.2) is 49.4 Å². The van der Waals surface area contributed by atoms with Gasteiger partial charge in [-0.15, -0.1) is 0 Å². The van der Waals surface area contributed by atoms with Crippen LogP contribution in [0.5, 0.6) is 0 Å². The van der Waals surface area contributed by atoms with Gasteiger partial charge in [0, 0.05) is 20.6 Å². The highest BCUT2D eigenvalue weighted by Gasteiger charge is 2.19. The van der Waals surface area contributed by atoms with E-state index < -0.39 is 0 Å². The van der Waals surface area contributed by atoms with E-state index >= 15 is 0 Å². The number of nitrogens with zero attached hydrogens (tertiary/aromatic N) is 2. The Morgan fingerprint density at radius 2 is 1.79 bits per heavy atom. The minimum absolute atomic E-state index is 0.103. The van der Waals surface area contributed by atoms with Gasteiger partial charge in [-0.05, 0) is 26.5 Å². The average Bonchev–Trinajstić information content (AvgIpc) is 2.37. The third-order valence-corrected chi connectivity index (χ3v) is 3.17. The van der Waals surface area contributed by atoms with Crippen LogP contribution in [0.4, 0.5) is 0 Å². The molecule has 0 fully saturated rings.